The first-order valence-electron chi connectivity index (χ1n) is 0.783. The second-order valence-corrected chi connectivity index (χ2v) is 2.67. The molecule has 0 aliphatic rings. The molecule has 0 fully saturated rings. The molecule has 0 aromatic carbocycles. The van der Waals surface area contributed by atoms with Crippen molar-refractivity contribution >= 4 is 14.5 Å². The predicted octanol–water partition coefficient (Wildman–Crippen LogP) is -2.17. The smallest absolute Gasteiger partial charge is 0 e. The van der Waals surface area contributed by atoms with E-state index >= 15 is 0 Å². The van der Waals surface area contributed by atoms with Gasteiger partial charge in [0.15, 0.2) is 0 Å². The molecule has 0 atom stereocenters. The van der Waals surface area contributed by atoms with Gasteiger partial charge in [-0.15, -0.1) is 0 Å². The molecule has 6 heteroatoms. The summed E-state index contributed by atoms with van der Waals surface area (Å²) < 4.78 is 30.7. The Kier molecular flexibility index (Phi) is 4.69. The Labute approximate surface area is 47.7 Å². The van der Waals surface area contributed by atoms with Crippen molar-refractivity contribution in [2.75, 3.05) is 0 Å². The minimum absolute atomic E-state index is 0. The molecule has 0 amide bonds. The Balaban J connectivity index is 0. The Morgan fingerprint density at radius 3 is 1.17 bits per heavy atom. The van der Waals surface area contributed by atoms with Crippen LogP contribution < -0.4 is 0 Å². The van der Waals surface area contributed by atoms with E-state index in [1.165, 1.54) is 0 Å². The van der Waals surface area contributed by atoms with E-state index in [1.807, 2.05) is 0 Å². The maximum Gasteiger partial charge on any atom is 0 e. The summed E-state index contributed by atoms with van der Waals surface area (Å²) in [5.41, 5.74) is 0. The Morgan fingerprint density at radius 1 is 1.17 bits per heavy atom. The Morgan fingerprint density at radius 2 is 1.17 bits per heavy atom. The summed E-state index contributed by atoms with van der Waals surface area (Å²) in [7, 11) is 0. The van der Waals surface area contributed by atoms with Crippen molar-refractivity contribution in [2.45, 2.75) is 0 Å². The molecule has 0 heterocycles. The third kappa shape index (κ3) is 120. The molecule has 1 radical (unpaired) electrons. The molecule has 3 N–H and O–H groups in total. The molecule has 0 saturated carbocycles. The van der Waals surface area contributed by atoms with E-state index in [0.29, 0.717) is 0 Å². The van der Waals surface area contributed by atoms with Crippen molar-refractivity contribution in [3.63, 3.8) is 0 Å². The first-order chi connectivity index (χ1) is 2.00. The van der Waals surface area contributed by atoms with Gasteiger partial charge in [0.2, 0.25) is 0 Å². The molecule has 6 heavy (non-hydrogen) atoms. The molecule has 41 valence electrons. The van der Waals surface area contributed by atoms with Crippen LogP contribution in [-0.4, -0.2) is 26.8 Å². The van der Waals surface area contributed by atoms with E-state index in [1.54, 1.807) is 0 Å². The van der Waals surface area contributed by atoms with Crippen LogP contribution in [0.4, 0.5) is 0 Å². The van der Waals surface area contributed by atoms with Crippen LogP contribution in [0.3, 0.4) is 0 Å². The molecule has 0 aromatic heterocycles. The first kappa shape index (κ1) is 9.89. The summed E-state index contributed by atoms with van der Waals surface area (Å²) >= 11 is -5.12. The van der Waals surface area contributed by atoms with E-state index in [2.05, 4.69) is 0 Å². The fraction of sp³-hybridized carbons (Fsp3) is 0. The zero-order chi connectivity index (χ0) is 4.50. The van der Waals surface area contributed by atoms with Gasteiger partial charge in [-0.3, -0.25) is 0 Å². The first-order valence-corrected chi connectivity index (χ1v) is 4.07. The van der Waals surface area contributed by atoms with Gasteiger partial charge in [0.1, 0.15) is 0 Å². The number of hydrogen-bond donors (Lipinski definition) is 3. The zero-order valence-corrected chi connectivity index (χ0v) is 5.45. The van der Waals surface area contributed by atoms with Gasteiger partial charge in [-0.05, 0) is 0 Å². The van der Waals surface area contributed by atoms with E-state index in [0.717, 1.165) is 0 Å². The molecule has 0 bridgehead atoms. The zero-order valence-electron chi connectivity index (χ0n) is 2.53. The van der Waals surface area contributed by atoms with Crippen LogP contribution in [0, 0.1) is 0 Å². The average Bonchev–Trinajstić information content (AvgIpc) is 0.722. The van der Waals surface area contributed by atoms with E-state index in [9.17, 15) is 0 Å². The number of hydrogen-bond acceptors (Lipinski definition) is 1. The summed E-state index contributed by atoms with van der Waals surface area (Å²) in [6.45, 7) is 0. The van der Waals surface area contributed by atoms with Crippen molar-refractivity contribution < 1.29 is 32.8 Å². The van der Waals surface area contributed by atoms with Gasteiger partial charge < -0.3 is 0 Å². The maximum absolute atomic E-state index is 8.94. The van der Waals surface area contributed by atoms with Gasteiger partial charge in [-0.25, -0.2) is 0 Å². The third-order valence-electron chi connectivity index (χ3n) is 0. The van der Waals surface area contributed by atoms with E-state index in [4.69, 9.17) is 16.0 Å². The molecule has 0 aliphatic heterocycles. The summed E-state index contributed by atoms with van der Waals surface area (Å²) in [5, 5.41) is 0. The molecule has 0 saturated heterocycles. The molecular formula is H3AsCoO4. The molecule has 0 aromatic rings. The van der Waals surface area contributed by atoms with E-state index in [-0.39, 0.29) is 16.8 Å². The fourth-order valence-corrected chi connectivity index (χ4v) is 0. The van der Waals surface area contributed by atoms with Gasteiger partial charge in [-0.2, -0.15) is 0 Å². The third-order valence-corrected chi connectivity index (χ3v) is 0. The van der Waals surface area contributed by atoms with Gasteiger partial charge in [-0.1, -0.05) is 0 Å². The Bertz CT molecular complexity index is 53.7. The molecule has 4 nitrogen and oxygen atoms in total. The summed E-state index contributed by atoms with van der Waals surface area (Å²) in [5.74, 6) is 0. The van der Waals surface area contributed by atoms with Crippen molar-refractivity contribution in [2.24, 2.45) is 0 Å². The molecular weight excluding hydrogens is 198 g/mol. The quantitative estimate of drug-likeness (QED) is 0.389. The summed E-state index contributed by atoms with van der Waals surface area (Å²) in [6.07, 6.45) is 0. The minimum Gasteiger partial charge on any atom is 0 e. The van der Waals surface area contributed by atoms with Crippen LogP contribution in [0.15, 0.2) is 0 Å². The maximum atomic E-state index is 8.94. The second-order valence-electron chi connectivity index (χ2n) is 0.513. The predicted molar refractivity (Wildman–Crippen MR) is 13.1 cm³/mol. The van der Waals surface area contributed by atoms with Crippen LogP contribution in [-0.2, 0) is 20.5 Å². The van der Waals surface area contributed by atoms with Crippen LogP contribution in [0.1, 0.15) is 0 Å². The van der Waals surface area contributed by atoms with Crippen LogP contribution in [0.5, 0.6) is 0 Å². The summed E-state index contributed by atoms with van der Waals surface area (Å²) in [6, 6.07) is 0. The van der Waals surface area contributed by atoms with Gasteiger partial charge in [0, 0.05) is 16.8 Å². The molecule has 0 unspecified atom stereocenters. The van der Waals surface area contributed by atoms with Crippen molar-refractivity contribution in [1.82, 2.24) is 0 Å². The molecule has 0 aliphatic carbocycles. The van der Waals surface area contributed by atoms with E-state index < -0.39 is 14.5 Å². The normalized spacial score (nSPS) is 9.83. The van der Waals surface area contributed by atoms with Crippen molar-refractivity contribution in [3.05, 3.63) is 0 Å². The van der Waals surface area contributed by atoms with Crippen molar-refractivity contribution in [3.8, 4) is 0 Å². The average molecular weight is 201 g/mol. The summed E-state index contributed by atoms with van der Waals surface area (Å²) in [4.78, 5) is 0. The van der Waals surface area contributed by atoms with Crippen molar-refractivity contribution in [1.29, 1.82) is 0 Å². The van der Waals surface area contributed by atoms with Gasteiger partial charge in [0.25, 0.3) is 0 Å². The Hall–Kier alpha value is 0.745. The minimum atomic E-state index is -5.12. The largest absolute Gasteiger partial charge is 0 e. The SMILES string of the molecule is O=[As](O)(O)O.[Co]. The molecule has 0 spiro atoms. The standard InChI is InChI=1S/AsH3O4.Co/c2-1(3,4)5;/h(H3,2,3,4,5);. The fourth-order valence-electron chi connectivity index (χ4n) is 0. The monoisotopic (exact) mass is 201 g/mol. The molecule has 0 rings (SSSR count). The van der Waals surface area contributed by atoms with Gasteiger partial charge in [0.05, 0.1) is 0 Å². The second kappa shape index (κ2) is 2.84. The topological polar surface area (TPSA) is 77.8 Å². The van der Waals surface area contributed by atoms with Gasteiger partial charge >= 0.3 is 30.5 Å². The van der Waals surface area contributed by atoms with Crippen LogP contribution in [0.25, 0.3) is 0 Å². The van der Waals surface area contributed by atoms with Crippen LogP contribution in [0.2, 0.25) is 0 Å². The van der Waals surface area contributed by atoms with Crippen LogP contribution >= 0.6 is 0 Å². The number of rotatable bonds is 0.